The molecule has 1 atom stereocenters. The van der Waals surface area contributed by atoms with E-state index in [1.165, 1.54) is 13.2 Å². The van der Waals surface area contributed by atoms with Crippen molar-refractivity contribution >= 4 is 22.6 Å². The molecule has 204 valence electrons. The maximum Gasteiger partial charge on any atom is 0.309 e. The van der Waals surface area contributed by atoms with E-state index in [0.717, 1.165) is 6.20 Å². The first-order valence-electron chi connectivity index (χ1n) is 12.2. The van der Waals surface area contributed by atoms with Crippen LogP contribution in [0.5, 0.6) is 5.75 Å². The molecule has 2 aromatic carbocycles. The molecule has 11 heteroatoms. The summed E-state index contributed by atoms with van der Waals surface area (Å²) in [5.41, 5.74) is -1.37. The summed E-state index contributed by atoms with van der Waals surface area (Å²) in [7, 11) is 1.44. The highest BCUT2D eigenvalue weighted by atomic mass is 19.2. The number of ether oxygens (including phenoxy) is 1. The molecule has 1 fully saturated rings. The van der Waals surface area contributed by atoms with Gasteiger partial charge in [0.05, 0.1) is 24.2 Å². The van der Waals surface area contributed by atoms with E-state index >= 15 is 4.39 Å². The zero-order valence-corrected chi connectivity index (χ0v) is 20.7. The van der Waals surface area contributed by atoms with Crippen LogP contribution in [0.25, 0.3) is 10.9 Å². The molecular formula is C27H28F5N3O3. The fraction of sp³-hybridized carbons (Fsp3) is 0.407. The minimum Gasteiger partial charge on any atom is -0.497 e. The number of nitrogens with zero attached hydrogens (tertiary/aromatic N) is 2. The number of hydrogen-bond donors (Lipinski definition) is 2. The number of halogens is 5. The van der Waals surface area contributed by atoms with Crippen molar-refractivity contribution in [2.24, 2.45) is 5.41 Å². The van der Waals surface area contributed by atoms with E-state index < -0.39 is 46.5 Å². The Morgan fingerprint density at radius 3 is 2.45 bits per heavy atom. The first-order chi connectivity index (χ1) is 18.1. The lowest BCUT2D eigenvalue weighted by atomic mass is 9.74. The molecule has 2 heterocycles. The van der Waals surface area contributed by atoms with Crippen LogP contribution in [0, 0.1) is 28.7 Å². The Bertz CT molecular complexity index is 1290. The molecule has 0 aliphatic carbocycles. The second kappa shape index (κ2) is 11.5. The van der Waals surface area contributed by atoms with Gasteiger partial charge in [0, 0.05) is 36.2 Å². The summed E-state index contributed by atoms with van der Waals surface area (Å²) in [5, 5.41) is 12.9. The second-order valence-corrected chi connectivity index (χ2v) is 9.51. The van der Waals surface area contributed by atoms with Crippen molar-refractivity contribution in [3.8, 4) is 5.75 Å². The van der Waals surface area contributed by atoms with Crippen LogP contribution in [0.1, 0.15) is 37.4 Å². The van der Waals surface area contributed by atoms with Gasteiger partial charge in [-0.15, -0.1) is 0 Å². The molecule has 1 saturated heterocycles. The van der Waals surface area contributed by atoms with Gasteiger partial charge in [-0.25, -0.2) is 22.0 Å². The number of methoxy groups -OCH3 is 1. The van der Waals surface area contributed by atoms with E-state index in [-0.39, 0.29) is 43.2 Å². The Labute approximate surface area is 216 Å². The summed E-state index contributed by atoms with van der Waals surface area (Å²) >= 11 is 0. The molecule has 0 saturated carbocycles. The van der Waals surface area contributed by atoms with Gasteiger partial charge in [0.15, 0.2) is 11.6 Å². The molecule has 2 N–H and O–H groups in total. The number of fused-ring (bicyclic) bond motifs is 1. The predicted octanol–water partition coefficient (Wildman–Crippen LogP) is 5.87. The first kappa shape index (κ1) is 27.6. The highest BCUT2D eigenvalue weighted by molar-refractivity contribution is 5.84. The molecule has 1 aliphatic heterocycles. The van der Waals surface area contributed by atoms with Gasteiger partial charge in [0.25, 0.3) is 0 Å². The Balaban J connectivity index is 1.37. The van der Waals surface area contributed by atoms with Crippen LogP contribution in [0.4, 0.5) is 27.6 Å². The number of benzene rings is 2. The van der Waals surface area contributed by atoms with Crippen molar-refractivity contribution < 1.29 is 36.6 Å². The van der Waals surface area contributed by atoms with Gasteiger partial charge >= 0.3 is 5.97 Å². The van der Waals surface area contributed by atoms with Gasteiger partial charge in [0.2, 0.25) is 0 Å². The third-order valence-corrected chi connectivity index (χ3v) is 7.26. The number of pyridine rings is 1. The van der Waals surface area contributed by atoms with Crippen molar-refractivity contribution in [3.05, 3.63) is 65.4 Å². The largest absolute Gasteiger partial charge is 0.497 e. The smallest absolute Gasteiger partial charge is 0.309 e. The quantitative estimate of drug-likeness (QED) is 0.315. The third-order valence-electron chi connectivity index (χ3n) is 7.26. The number of carboxylic acids is 1. The third kappa shape index (κ3) is 5.82. The average Bonchev–Trinajstić information content (AvgIpc) is 2.89. The highest BCUT2D eigenvalue weighted by Crippen LogP contribution is 2.41. The number of carbonyl (C=O) groups is 1. The molecule has 0 spiro atoms. The van der Waals surface area contributed by atoms with E-state index in [0.29, 0.717) is 43.0 Å². The lowest BCUT2D eigenvalue weighted by Crippen LogP contribution is -2.45. The number of rotatable bonds is 10. The molecule has 6 nitrogen and oxygen atoms in total. The van der Waals surface area contributed by atoms with E-state index in [1.54, 1.807) is 12.1 Å². The van der Waals surface area contributed by atoms with Crippen molar-refractivity contribution in [1.82, 2.24) is 9.88 Å². The summed E-state index contributed by atoms with van der Waals surface area (Å²) in [6, 6.07) is 5.92. The summed E-state index contributed by atoms with van der Waals surface area (Å²) in [4.78, 5) is 18.2. The monoisotopic (exact) mass is 537 g/mol. The maximum atomic E-state index is 15.4. The fourth-order valence-corrected chi connectivity index (χ4v) is 4.99. The van der Waals surface area contributed by atoms with Gasteiger partial charge in [0.1, 0.15) is 29.2 Å². The number of aromatic nitrogens is 1. The number of aliphatic carboxylic acids is 1. The lowest BCUT2D eigenvalue weighted by molar-refractivity contribution is -0.153. The van der Waals surface area contributed by atoms with Crippen LogP contribution in [-0.4, -0.2) is 54.2 Å². The topological polar surface area (TPSA) is 74.7 Å². The molecule has 0 radical (unpaired) electrons. The fourth-order valence-electron chi connectivity index (χ4n) is 4.99. The van der Waals surface area contributed by atoms with Crippen LogP contribution < -0.4 is 10.1 Å². The minimum absolute atomic E-state index is 0.00875. The Hall–Kier alpha value is -3.47. The molecule has 38 heavy (non-hydrogen) atoms. The molecule has 1 aliphatic rings. The predicted molar refractivity (Wildman–Crippen MR) is 132 cm³/mol. The minimum atomic E-state index is -1.74. The van der Waals surface area contributed by atoms with Gasteiger partial charge < -0.3 is 20.1 Å². The Morgan fingerprint density at radius 1 is 1.13 bits per heavy atom. The molecule has 0 amide bonds. The van der Waals surface area contributed by atoms with Gasteiger partial charge in [-0.3, -0.25) is 9.78 Å². The second-order valence-electron chi connectivity index (χ2n) is 9.51. The summed E-state index contributed by atoms with van der Waals surface area (Å²) in [5.74, 6) is -4.51. The zero-order chi connectivity index (χ0) is 27.4. The van der Waals surface area contributed by atoms with E-state index in [2.05, 4.69) is 10.3 Å². The number of carboxylic acid groups (broad SMARTS) is 1. The van der Waals surface area contributed by atoms with Crippen LogP contribution in [0.3, 0.4) is 0 Å². The van der Waals surface area contributed by atoms with Crippen molar-refractivity contribution in [3.63, 3.8) is 0 Å². The maximum absolute atomic E-state index is 15.4. The number of piperidine rings is 1. The number of nitrogens with one attached hydrogen (secondary N) is 1. The van der Waals surface area contributed by atoms with E-state index in [1.807, 2.05) is 4.90 Å². The van der Waals surface area contributed by atoms with Gasteiger partial charge in [-0.2, -0.15) is 0 Å². The number of anilines is 1. The van der Waals surface area contributed by atoms with Crippen molar-refractivity contribution in [1.29, 1.82) is 0 Å². The molecule has 1 aromatic heterocycles. The Kier molecular flexibility index (Phi) is 8.35. The molecule has 0 bridgehead atoms. The summed E-state index contributed by atoms with van der Waals surface area (Å²) < 4.78 is 75.9. The van der Waals surface area contributed by atoms with E-state index in [4.69, 9.17) is 4.74 Å². The van der Waals surface area contributed by atoms with Crippen molar-refractivity contribution in [2.45, 2.75) is 31.9 Å². The lowest BCUT2D eigenvalue weighted by Gasteiger charge is -2.39. The van der Waals surface area contributed by atoms with Gasteiger partial charge in [-0.1, -0.05) is 0 Å². The molecular weight excluding hydrogens is 509 g/mol. The van der Waals surface area contributed by atoms with Crippen molar-refractivity contribution in [2.75, 3.05) is 38.6 Å². The zero-order valence-electron chi connectivity index (χ0n) is 20.7. The SMILES string of the molecule is COc1ccc2ncc(F)c([C@@H](F)CCC3(C(=O)O)CCN(CCNc4c(F)cc(F)cc4F)CC3)c2c1. The molecule has 4 rings (SSSR count). The summed E-state index contributed by atoms with van der Waals surface area (Å²) in [6.45, 7) is 1.28. The number of alkyl halides is 1. The number of hydrogen-bond acceptors (Lipinski definition) is 5. The van der Waals surface area contributed by atoms with E-state index in [9.17, 15) is 27.5 Å². The van der Waals surface area contributed by atoms with Gasteiger partial charge in [-0.05, 0) is 57.0 Å². The van der Waals surface area contributed by atoms with Crippen LogP contribution in [-0.2, 0) is 4.79 Å². The standard InChI is InChI=1S/C27H28F5N3O3/c1-38-17-2-3-23-18(14-17)24(22(32)15-34-23)19(29)4-5-27(26(36)37)6-9-35(10-7-27)11-8-33-25-20(30)12-16(28)13-21(25)31/h2-3,12-15,19,33H,4-11H2,1H3,(H,36,37)/t19-/m0/s1. The molecule has 3 aromatic rings. The molecule has 0 unspecified atom stereocenters. The number of likely N-dealkylation sites (tertiary alicyclic amines) is 1. The normalized spacial score (nSPS) is 16.4. The van der Waals surface area contributed by atoms with Crippen LogP contribution >= 0.6 is 0 Å². The van der Waals surface area contributed by atoms with Crippen LogP contribution in [0.15, 0.2) is 36.5 Å². The Morgan fingerprint density at radius 2 is 1.82 bits per heavy atom. The average molecular weight is 538 g/mol. The summed E-state index contributed by atoms with van der Waals surface area (Å²) in [6.07, 6.45) is -0.492. The van der Waals surface area contributed by atoms with Crippen LogP contribution in [0.2, 0.25) is 0 Å². The first-order valence-corrected chi connectivity index (χ1v) is 12.2. The highest BCUT2D eigenvalue weighted by Gasteiger charge is 2.42.